The van der Waals surface area contributed by atoms with E-state index in [0.717, 1.165) is 0 Å². The summed E-state index contributed by atoms with van der Waals surface area (Å²) in [4.78, 5) is 0. The van der Waals surface area contributed by atoms with Gasteiger partial charge in [-0.2, -0.15) is 0 Å². The van der Waals surface area contributed by atoms with Gasteiger partial charge in [0.05, 0.1) is 18.3 Å². The minimum atomic E-state index is -0.499. The SMILES string of the molecule is COC1C(O)C(C)O[C@H](C)C1C. The van der Waals surface area contributed by atoms with Crippen molar-refractivity contribution in [2.24, 2.45) is 5.92 Å². The van der Waals surface area contributed by atoms with Crippen molar-refractivity contribution in [2.45, 2.75) is 45.2 Å². The summed E-state index contributed by atoms with van der Waals surface area (Å²) in [6.07, 6.45) is -0.556. The number of hydrogen-bond acceptors (Lipinski definition) is 3. The zero-order valence-electron chi connectivity index (χ0n) is 8.15. The lowest BCUT2D eigenvalue weighted by Crippen LogP contribution is -2.52. The first-order valence-electron chi connectivity index (χ1n) is 4.44. The third-order valence-electron chi connectivity index (χ3n) is 2.78. The molecule has 4 unspecified atom stereocenters. The van der Waals surface area contributed by atoms with Gasteiger partial charge in [0, 0.05) is 13.0 Å². The minimum Gasteiger partial charge on any atom is -0.388 e. The van der Waals surface area contributed by atoms with E-state index in [-0.39, 0.29) is 24.2 Å². The smallest absolute Gasteiger partial charge is 0.106 e. The Morgan fingerprint density at radius 1 is 1.17 bits per heavy atom. The van der Waals surface area contributed by atoms with Gasteiger partial charge in [-0.05, 0) is 13.8 Å². The summed E-state index contributed by atoms with van der Waals surface area (Å²) in [5, 5.41) is 9.68. The quantitative estimate of drug-likeness (QED) is 0.639. The monoisotopic (exact) mass is 174 g/mol. The number of aliphatic hydroxyl groups excluding tert-OH is 1. The van der Waals surface area contributed by atoms with Gasteiger partial charge in [-0.15, -0.1) is 0 Å². The molecule has 5 atom stereocenters. The van der Waals surface area contributed by atoms with Crippen LogP contribution in [0.25, 0.3) is 0 Å². The molecule has 1 aliphatic heterocycles. The lowest BCUT2D eigenvalue weighted by Gasteiger charge is -2.40. The molecule has 1 rings (SSSR count). The molecule has 72 valence electrons. The average Bonchev–Trinajstić information content (AvgIpc) is 2.02. The van der Waals surface area contributed by atoms with Crippen LogP contribution in [0.4, 0.5) is 0 Å². The zero-order chi connectivity index (χ0) is 9.30. The number of aliphatic hydroxyl groups is 1. The molecule has 3 heteroatoms. The van der Waals surface area contributed by atoms with Gasteiger partial charge in [-0.1, -0.05) is 6.92 Å². The average molecular weight is 174 g/mol. The van der Waals surface area contributed by atoms with Crippen molar-refractivity contribution in [3.05, 3.63) is 0 Å². The van der Waals surface area contributed by atoms with Crippen LogP contribution < -0.4 is 0 Å². The largest absolute Gasteiger partial charge is 0.388 e. The lowest BCUT2D eigenvalue weighted by atomic mass is 9.89. The van der Waals surface area contributed by atoms with Gasteiger partial charge < -0.3 is 14.6 Å². The zero-order valence-corrected chi connectivity index (χ0v) is 8.15. The maximum Gasteiger partial charge on any atom is 0.106 e. The maximum absolute atomic E-state index is 9.68. The first kappa shape index (κ1) is 9.96. The van der Waals surface area contributed by atoms with Crippen LogP contribution in [0.3, 0.4) is 0 Å². The second kappa shape index (κ2) is 3.73. The molecule has 0 spiro atoms. The number of methoxy groups -OCH3 is 1. The Kier molecular flexibility index (Phi) is 3.09. The third-order valence-corrected chi connectivity index (χ3v) is 2.78. The first-order chi connectivity index (χ1) is 5.57. The van der Waals surface area contributed by atoms with Crippen molar-refractivity contribution in [3.8, 4) is 0 Å². The van der Waals surface area contributed by atoms with Crippen LogP contribution in [0.2, 0.25) is 0 Å². The molecule has 1 fully saturated rings. The van der Waals surface area contributed by atoms with Crippen molar-refractivity contribution < 1.29 is 14.6 Å². The molecule has 0 aromatic carbocycles. The molecule has 0 aromatic heterocycles. The van der Waals surface area contributed by atoms with Gasteiger partial charge in [0.1, 0.15) is 6.10 Å². The van der Waals surface area contributed by atoms with Gasteiger partial charge >= 0.3 is 0 Å². The predicted octanol–water partition coefficient (Wildman–Crippen LogP) is 0.806. The van der Waals surface area contributed by atoms with E-state index < -0.39 is 6.10 Å². The predicted molar refractivity (Wildman–Crippen MR) is 46.0 cm³/mol. The van der Waals surface area contributed by atoms with Crippen LogP contribution in [0.5, 0.6) is 0 Å². The van der Waals surface area contributed by atoms with E-state index in [9.17, 15) is 5.11 Å². The molecular weight excluding hydrogens is 156 g/mol. The topological polar surface area (TPSA) is 38.7 Å². The van der Waals surface area contributed by atoms with Crippen LogP contribution in [0.15, 0.2) is 0 Å². The van der Waals surface area contributed by atoms with Crippen LogP contribution in [0, 0.1) is 5.92 Å². The molecule has 1 saturated heterocycles. The van der Waals surface area contributed by atoms with Crippen LogP contribution in [-0.2, 0) is 9.47 Å². The molecular formula is C9H18O3. The normalized spacial score (nSPS) is 49.2. The van der Waals surface area contributed by atoms with E-state index in [1.165, 1.54) is 0 Å². The Balaban J connectivity index is 2.67. The number of hydrogen-bond donors (Lipinski definition) is 1. The molecule has 0 aromatic rings. The Bertz CT molecular complexity index is 135. The molecule has 12 heavy (non-hydrogen) atoms. The number of ether oxygens (including phenoxy) is 2. The van der Waals surface area contributed by atoms with Gasteiger partial charge in [0.25, 0.3) is 0 Å². The molecule has 0 amide bonds. The summed E-state index contributed by atoms with van der Waals surface area (Å²) >= 11 is 0. The van der Waals surface area contributed by atoms with E-state index in [2.05, 4.69) is 0 Å². The molecule has 0 bridgehead atoms. The Hall–Kier alpha value is -0.120. The fourth-order valence-corrected chi connectivity index (χ4v) is 1.74. The highest BCUT2D eigenvalue weighted by molar-refractivity contribution is 4.87. The van der Waals surface area contributed by atoms with E-state index >= 15 is 0 Å². The van der Waals surface area contributed by atoms with Gasteiger partial charge in [0.15, 0.2) is 0 Å². The summed E-state index contributed by atoms with van der Waals surface area (Å²) < 4.78 is 10.7. The molecule has 1 heterocycles. The summed E-state index contributed by atoms with van der Waals surface area (Å²) in [7, 11) is 1.63. The van der Waals surface area contributed by atoms with E-state index in [4.69, 9.17) is 9.47 Å². The highest BCUT2D eigenvalue weighted by atomic mass is 16.5. The third kappa shape index (κ3) is 1.63. The second-order valence-electron chi connectivity index (χ2n) is 3.60. The fourth-order valence-electron chi connectivity index (χ4n) is 1.74. The molecule has 3 nitrogen and oxygen atoms in total. The highest BCUT2D eigenvalue weighted by Gasteiger charge is 2.39. The Morgan fingerprint density at radius 3 is 2.25 bits per heavy atom. The highest BCUT2D eigenvalue weighted by Crippen LogP contribution is 2.27. The van der Waals surface area contributed by atoms with Gasteiger partial charge in [0.2, 0.25) is 0 Å². The summed E-state index contributed by atoms with van der Waals surface area (Å²) in [5.74, 6) is 0.251. The van der Waals surface area contributed by atoms with Gasteiger partial charge in [-0.25, -0.2) is 0 Å². The molecule has 1 aliphatic rings. The molecule has 0 saturated carbocycles. The first-order valence-corrected chi connectivity index (χ1v) is 4.44. The lowest BCUT2D eigenvalue weighted by molar-refractivity contribution is -0.193. The van der Waals surface area contributed by atoms with Crippen molar-refractivity contribution >= 4 is 0 Å². The van der Waals surface area contributed by atoms with Crippen LogP contribution in [-0.4, -0.2) is 36.6 Å². The number of rotatable bonds is 1. The van der Waals surface area contributed by atoms with Crippen molar-refractivity contribution in [3.63, 3.8) is 0 Å². The summed E-state index contributed by atoms with van der Waals surface area (Å²) in [6.45, 7) is 5.92. The molecule has 0 radical (unpaired) electrons. The Morgan fingerprint density at radius 2 is 1.75 bits per heavy atom. The Labute approximate surface area is 73.7 Å². The van der Waals surface area contributed by atoms with Crippen LogP contribution >= 0.6 is 0 Å². The standard InChI is InChI=1S/C9H18O3/c1-5-6(2)12-7(3)8(10)9(5)11-4/h5-10H,1-4H3/t5?,6-,7?,8?,9?/m1/s1. The van der Waals surface area contributed by atoms with Crippen molar-refractivity contribution in [1.82, 2.24) is 0 Å². The maximum atomic E-state index is 9.68. The van der Waals surface area contributed by atoms with Crippen LogP contribution in [0.1, 0.15) is 20.8 Å². The van der Waals surface area contributed by atoms with Crippen molar-refractivity contribution in [1.29, 1.82) is 0 Å². The molecule has 1 N–H and O–H groups in total. The minimum absolute atomic E-state index is 0.0938. The van der Waals surface area contributed by atoms with E-state index in [1.54, 1.807) is 7.11 Å². The van der Waals surface area contributed by atoms with E-state index in [1.807, 2.05) is 20.8 Å². The van der Waals surface area contributed by atoms with Crippen molar-refractivity contribution in [2.75, 3.05) is 7.11 Å². The fraction of sp³-hybridized carbons (Fsp3) is 1.00. The molecule has 0 aliphatic carbocycles. The van der Waals surface area contributed by atoms with E-state index in [0.29, 0.717) is 0 Å². The summed E-state index contributed by atoms with van der Waals surface area (Å²) in [5.41, 5.74) is 0. The summed E-state index contributed by atoms with van der Waals surface area (Å²) in [6, 6.07) is 0. The second-order valence-corrected chi connectivity index (χ2v) is 3.60. The van der Waals surface area contributed by atoms with Gasteiger partial charge in [-0.3, -0.25) is 0 Å².